The van der Waals surface area contributed by atoms with Crippen LogP contribution in [0.25, 0.3) is 0 Å². The Labute approximate surface area is 196 Å². The first-order chi connectivity index (χ1) is 15.8. The molecule has 172 valence electrons. The Hall–Kier alpha value is -3.32. The first kappa shape index (κ1) is 22.9. The van der Waals surface area contributed by atoms with E-state index in [1.54, 1.807) is 18.2 Å². The zero-order valence-corrected chi connectivity index (χ0v) is 19.8. The Morgan fingerprint density at radius 1 is 0.879 bits per heavy atom. The molecule has 0 unspecified atom stereocenters. The normalized spacial score (nSPS) is 14.2. The van der Waals surface area contributed by atoms with Gasteiger partial charge in [0.1, 0.15) is 0 Å². The van der Waals surface area contributed by atoms with Gasteiger partial charge in [0, 0.05) is 37.4 Å². The predicted octanol–water partition coefficient (Wildman–Crippen LogP) is 3.92. The van der Waals surface area contributed by atoms with Crippen LogP contribution in [0, 0.1) is 6.92 Å². The van der Waals surface area contributed by atoms with Gasteiger partial charge < -0.3 is 9.80 Å². The molecule has 33 heavy (non-hydrogen) atoms. The maximum Gasteiger partial charge on any atom is 0.253 e. The lowest BCUT2D eigenvalue weighted by Gasteiger charge is -2.36. The van der Waals surface area contributed by atoms with Gasteiger partial charge in [-0.15, -0.1) is 0 Å². The number of rotatable bonds is 6. The molecule has 1 fully saturated rings. The highest BCUT2D eigenvalue weighted by molar-refractivity contribution is 7.92. The summed E-state index contributed by atoms with van der Waals surface area (Å²) in [5.74, 6) is 0.00733. The summed E-state index contributed by atoms with van der Waals surface area (Å²) in [5, 5.41) is 0. The molecule has 0 saturated carbocycles. The van der Waals surface area contributed by atoms with Crippen LogP contribution < -0.4 is 9.21 Å². The molecule has 1 saturated heterocycles. The van der Waals surface area contributed by atoms with Crippen LogP contribution in [0.15, 0.2) is 78.9 Å². The van der Waals surface area contributed by atoms with Gasteiger partial charge in [-0.3, -0.25) is 9.10 Å². The van der Waals surface area contributed by atoms with Crippen LogP contribution in [-0.4, -0.2) is 51.7 Å². The molecule has 1 aliphatic heterocycles. The predicted molar refractivity (Wildman–Crippen MR) is 133 cm³/mol. The van der Waals surface area contributed by atoms with Crippen LogP contribution >= 0.6 is 0 Å². The van der Waals surface area contributed by atoms with Crippen molar-refractivity contribution in [2.45, 2.75) is 13.5 Å². The van der Waals surface area contributed by atoms with Crippen LogP contribution in [0.1, 0.15) is 21.5 Å². The molecule has 3 aromatic rings. The smallest absolute Gasteiger partial charge is 0.253 e. The van der Waals surface area contributed by atoms with E-state index in [0.29, 0.717) is 24.3 Å². The van der Waals surface area contributed by atoms with Gasteiger partial charge in [0.15, 0.2) is 0 Å². The minimum absolute atomic E-state index is 0.00733. The minimum atomic E-state index is -3.45. The van der Waals surface area contributed by atoms with Crippen LogP contribution in [-0.2, 0) is 16.6 Å². The molecular weight excluding hydrogens is 434 g/mol. The molecule has 0 atom stereocenters. The summed E-state index contributed by atoms with van der Waals surface area (Å²) < 4.78 is 26.2. The molecule has 0 aromatic heterocycles. The lowest BCUT2D eigenvalue weighted by Crippen LogP contribution is -2.48. The van der Waals surface area contributed by atoms with Crippen LogP contribution in [0.3, 0.4) is 0 Å². The van der Waals surface area contributed by atoms with Crippen molar-refractivity contribution in [1.29, 1.82) is 0 Å². The maximum atomic E-state index is 13.0. The summed E-state index contributed by atoms with van der Waals surface area (Å²) in [6.07, 6.45) is 1.21. The molecular formula is C26H29N3O3S. The minimum Gasteiger partial charge on any atom is -0.368 e. The van der Waals surface area contributed by atoms with E-state index in [1.165, 1.54) is 16.2 Å². The number of piperazine rings is 1. The Balaban J connectivity index is 1.42. The fraction of sp³-hybridized carbons (Fsp3) is 0.269. The summed E-state index contributed by atoms with van der Waals surface area (Å²) in [5.41, 5.74) is 4.25. The zero-order valence-electron chi connectivity index (χ0n) is 19.0. The van der Waals surface area contributed by atoms with E-state index in [1.807, 2.05) is 60.4 Å². The highest BCUT2D eigenvalue weighted by atomic mass is 32.2. The average Bonchev–Trinajstić information content (AvgIpc) is 2.82. The number of aryl methyl sites for hydroxylation is 1. The molecule has 0 aliphatic carbocycles. The van der Waals surface area contributed by atoms with E-state index < -0.39 is 10.0 Å². The zero-order chi connectivity index (χ0) is 23.4. The number of para-hydroxylation sites is 1. The first-order valence-corrected chi connectivity index (χ1v) is 12.9. The van der Waals surface area contributed by atoms with Crippen LogP contribution in [0.4, 0.5) is 11.4 Å². The standard InChI is InChI=1S/C26H29N3O3S/c1-21-7-6-10-25(19-21)29(33(2,31)32)20-22-11-13-23(14-12-22)26(30)28-17-15-27(16-18-28)24-8-4-3-5-9-24/h3-14,19H,15-18,20H2,1-2H3. The molecule has 4 rings (SSSR count). The number of anilines is 2. The number of nitrogens with zero attached hydrogens (tertiary/aromatic N) is 3. The largest absolute Gasteiger partial charge is 0.368 e. The third kappa shape index (κ3) is 5.54. The lowest BCUT2D eigenvalue weighted by molar-refractivity contribution is 0.0746. The second kappa shape index (κ2) is 9.67. The summed E-state index contributed by atoms with van der Waals surface area (Å²) >= 11 is 0. The van der Waals surface area contributed by atoms with E-state index in [4.69, 9.17) is 0 Å². The van der Waals surface area contributed by atoms with E-state index in [9.17, 15) is 13.2 Å². The first-order valence-electron chi connectivity index (χ1n) is 11.0. The molecule has 1 aliphatic rings. The maximum absolute atomic E-state index is 13.0. The van der Waals surface area contributed by atoms with Crippen molar-refractivity contribution in [1.82, 2.24) is 4.90 Å². The summed E-state index contributed by atoms with van der Waals surface area (Å²) in [4.78, 5) is 17.2. The number of carbonyl (C=O) groups is 1. The summed E-state index contributed by atoms with van der Waals surface area (Å²) in [7, 11) is -3.45. The Morgan fingerprint density at radius 2 is 1.55 bits per heavy atom. The van der Waals surface area contributed by atoms with E-state index in [-0.39, 0.29) is 12.5 Å². The highest BCUT2D eigenvalue weighted by Crippen LogP contribution is 2.22. The number of hydrogen-bond acceptors (Lipinski definition) is 4. The number of hydrogen-bond donors (Lipinski definition) is 0. The van der Waals surface area contributed by atoms with Crippen LogP contribution in [0.2, 0.25) is 0 Å². The Morgan fingerprint density at radius 3 is 2.15 bits per heavy atom. The lowest BCUT2D eigenvalue weighted by atomic mass is 10.1. The van der Waals surface area contributed by atoms with E-state index >= 15 is 0 Å². The van der Waals surface area contributed by atoms with Crippen molar-refractivity contribution in [2.75, 3.05) is 41.6 Å². The van der Waals surface area contributed by atoms with Crippen molar-refractivity contribution in [2.24, 2.45) is 0 Å². The van der Waals surface area contributed by atoms with Gasteiger partial charge in [0.25, 0.3) is 5.91 Å². The van der Waals surface area contributed by atoms with Gasteiger partial charge in [-0.2, -0.15) is 0 Å². The topological polar surface area (TPSA) is 60.9 Å². The number of carbonyl (C=O) groups excluding carboxylic acids is 1. The molecule has 0 radical (unpaired) electrons. The summed E-state index contributed by atoms with van der Waals surface area (Å²) in [6, 6.07) is 24.9. The molecule has 6 nitrogen and oxygen atoms in total. The molecule has 3 aromatic carbocycles. The van der Waals surface area contributed by atoms with Gasteiger partial charge in [-0.1, -0.05) is 42.5 Å². The SMILES string of the molecule is Cc1cccc(N(Cc2ccc(C(=O)N3CCN(c4ccccc4)CC3)cc2)S(C)(=O)=O)c1. The van der Waals surface area contributed by atoms with Crippen molar-refractivity contribution in [3.8, 4) is 0 Å². The molecule has 1 heterocycles. The van der Waals surface area contributed by atoms with Gasteiger partial charge in [-0.05, 0) is 54.4 Å². The van der Waals surface area contributed by atoms with E-state index in [0.717, 1.165) is 24.2 Å². The fourth-order valence-corrected chi connectivity index (χ4v) is 4.97. The fourth-order valence-electron chi connectivity index (χ4n) is 4.09. The Kier molecular flexibility index (Phi) is 6.70. The monoisotopic (exact) mass is 463 g/mol. The third-order valence-corrected chi connectivity index (χ3v) is 7.05. The van der Waals surface area contributed by atoms with Crippen molar-refractivity contribution < 1.29 is 13.2 Å². The van der Waals surface area contributed by atoms with Crippen molar-refractivity contribution >= 4 is 27.3 Å². The van der Waals surface area contributed by atoms with Crippen LogP contribution in [0.5, 0.6) is 0 Å². The van der Waals surface area contributed by atoms with Gasteiger partial charge in [-0.25, -0.2) is 8.42 Å². The number of amides is 1. The molecule has 0 N–H and O–H groups in total. The third-order valence-electron chi connectivity index (χ3n) is 5.91. The van der Waals surface area contributed by atoms with Crippen molar-refractivity contribution in [3.05, 3.63) is 95.6 Å². The van der Waals surface area contributed by atoms with E-state index in [2.05, 4.69) is 17.0 Å². The highest BCUT2D eigenvalue weighted by Gasteiger charge is 2.23. The number of benzene rings is 3. The molecule has 0 spiro atoms. The Bertz CT molecular complexity index is 1200. The van der Waals surface area contributed by atoms with Gasteiger partial charge in [0.05, 0.1) is 18.5 Å². The second-order valence-electron chi connectivity index (χ2n) is 8.42. The second-order valence-corrected chi connectivity index (χ2v) is 10.3. The molecule has 1 amide bonds. The average molecular weight is 464 g/mol. The van der Waals surface area contributed by atoms with Crippen molar-refractivity contribution in [3.63, 3.8) is 0 Å². The van der Waals surface area contributed by atoms with Gasteiger partial charge in [0.2, 0.25) is 10.0 Å². The quantitative estimate of drug-likeness (QED) is 0.556. The van der Waals surface area contributed by atoms with Gasteiger partial charge >= 0.3 is 0 Å². The molecule has 7 heteroatoms. The summed E-state index contributed by atoms with van der Waals surface area (Å²) in [6.45, 7) is 5.09. The molecule has 0 bridgehead atoms. The number of sulfonamides is 1.